The molecule has 1 saturated carbocycles. The molecule has 8 heteroatoms. The SMILES string of the molecule is Cn1ccc(Cn2ncc3cc(S/C(C=N)=C/NC4CC4)ccc3c2=O)n1. The number of rotatable bonds is 7. The summed E-state index contributed by atoms with van der Waals surface area (Å²) in [7, 11) is 1.84. The van der Waals surface area contributed by atoms with E-state index < -0.39 is 0 Å². The van der Waals surface area contributed by atoms with Crippen LogP contribution in [0.1, 0.15) is 18.5 Å². The van der Waals surface area contributed by atoms with Gasteiger partial charge in [0.2, 0.25) is 0 Å². The third-order valence-corrected chi connectivity index (χ3v) is 5.28. The number of benzene rings is 1. The van der Waals surface area contributed by atoms with Crippen molar-refractivity contribution >= 4 is 28.7 Å². The number of aryl methyl sites for hydroxylation is 1. The minimum absolute atomic E-state index is 0.132. The molecule has 0 spiro atoms. The maximum atomic E-state index is 12.7. The highest BCUT2D eigenvalue weighted by atomic mass is 32.2. The van der Waals surface area contributed by atoms with Crippen LogP contribution in [0.25, 0.3) is 10.8 Å². The zero-order chi connectivity index (χ0) is 18.8. The van der Waals surface area contributed by atoms with Crippen LogP contribution in [0.4, 0.5) is 0 Å². The van der Waals surface area contributed by atoms with Gasteiger partial charge in [-0.3, -0.25) is 9.48 Å². The Morgan fingerprint density at radius 1 is 1.41 bits per heavy atom. The summed E-state index contributed by atoms with van der Waals surface area (Å²) >= 11 is 1.49. The zero-order valence-electron chi connectivity index (χ0n) is 14.9. The summed E-state index contributed by atoms with van der Waals surface area (Å²) in [4.78, 5) is 14.5. The molecule has 1 aromatic carbocycles. The second-order valence-electron chi connectivity index (χ2n) is 6.57. The second kappa shape index (κ2) is 7.40. The average molecular weight is 380 g/mol. The van der Waals surface area contributed by atoms with Gasteiger partial charge >= 0.3 is 0 Å². The fourth-order valence-corrected chi connectivity index (χ4v) is 3.51. The van der Waals surface area contributed by atoms with E-state index in [9.17, 15) is 4.79 Å². The van der Waals surface area contributed by atoms with E-state index in [0.717, 1.165) is 20.9 Å². The number of thioether (sulfide) groups is 1. The molecule has 0 unspecified atom stereocenters. The molecule has 1 aliphatic carbocycles. The Labute approximate surface area is 160 Å². The Bertz CT molecular complexity index is 1080. The summed E-state index contributed by atoms with van der Waals surface area (Å²) in [6.45, 7) is 0.347. The van der Waals surface area contributed by atoms with Gasteiger partial charge in [-0.15, -0.1) is 0 Å². The van der Waals surface area contributed by atoms with Crippen molar-refractivity contribution < 1.29 is 0 Å². The van der Waals surface area contributed by atoms with Gasteiger partial charge in [-0.05, 0) is 37.1 Å². The summed E-state index contributed by atoms with van der Waals surface area (Å²) < 4.78 is 3.14. The summed E-state index contributed by atoms with van der Waals surface area (Å²) in [6, 6.07) is 8.10. The van der Waals surface area contributed by atoms with Crippen LogP contribution in [0.15, 0.2) is 57.5 Å². The number of aromatic nitrogens is 4. The van der Waals surface area contributed by atoms with Gasteiger partial charge in [0.05, 0.1) is 23.8 Å². The summed E-state index contributed by atoms with van der Waals surface area (Å²) in [6.07, 6.45) is 9.17. The third-order valence-electron chi connectivity index (χ3n) is 4.32. The molecule has 27 heavy (non-hydrogen) atoms. The predicted molar refractivity (Wildman–Crippen MR) is 107 cm³/mol. The molecule has 2 N–H and O–H groups in total. The lowest BCUT2D eigenvalue weighted by molar-refractivity contribution is 0.621. The van der Waals surface area contributed by atoms with Crippen LogP contribution in [0, 0.1) is 5.41 Å². The smallest absolute Gasteiger partial charge is 0.274 e. The van der Waals surface area contributed by atoms with Crippen molar-refractivity contribution in [1.82, 2.24) is 24.9 Å². The van der Waals surface area contributed by atoms with E-state index in [-0.39, 0.29) is 5.56 Å². The van der Waals surface area contributed by atoms with E-state index in [1.165, 1.54) is 35.5 Å². The van der Waals surface area contributed by atoms with Gasteiger partial charge < -0.3 is 10.7 Å². The maximum absolute atomic E-state index is 12.7. The first-order valence-corrected chi connectivity index (χ1v) is 9.57. The standard InChI is InChI=1S/C19H20N6OS/c1-24-7-6-15(23-24)12-25-19(26)18-5-4-16(8-13(18)10-22-25)27-17(9-20)11-21-14-2-3-14/h4-11,14,20-21H,2-3,12H2,1H3/b17-11+,20-9?. The summed E-state index contributed by atoms with van der Waals surface area (Å²) in [5, 5.41) is 20.9. The molecule has 0 bridgehead atoms. The molecule has 0 radical (unpaired) electrons. The number of fused-ring (bicyclic) bond motifs is 1. The topological polar surface area (TPSA) is 88.6 Å². The van der Waals surface area contributed by atoms with Gasteiger partial charge in [0, 0.05) is 46.9 Å². The van der Waals surface area contributed by atoms with Gasteiger partial charge in [0.1, 0.15) is 0 Å². The Morgan fingerprint density at radius 3 is 2.96 bits per heavy atom. The highest BCUT2D eigenvalue weighted by molar-refractivity contribution is 8.03. The first-order valence-electron chi connectivity index (χ1n) is 8.75. The van der Waals surface area contributed by atoms with Gasteiger partial charge in [0.15, 0.2) is 0 Å². The number of hydrogen-bond donors (Lipinski definition) is 2. The highest BCUT2D eigenvalue weighted by Crippen LogP contribution is 2.28. The highest BCUT2D eigenvalue weighted by Gasteiger charge is 2.19. The molecule has 2 heterocycles. The molecule has 2 aromatic heterocycles. The lowest BCUT2D eigenvalue weighted by Crippen LogP contribution is -2.23. The quantitative estimate of drug-likeness (QED) is 0.486. The van der Waals surface area contributed by atoms with Crippen molar-refractivity contribution in [3.05, 3.63) is 63.8 Å². The van der Waals surface area contributed by atoms with Crippen molar-refractivity contribution in [1.29, 1.82) is 5.41 Å². The van der Waals surface area contributed by atoms with Crippen LogP contribution in [0.2, 0.25) is 0 Å². The minimum atomic E-state index is -0.132. The van der Waals surface area contributed by atoms with E-state index in [2.05, 4.69) is 15.5 Å². The van der Waals surface area contributed by atoms with E-state index in [1.54, 1.807) is 10.9 Å². The van der Waals surface area contributed by atoms with Gasteiger partial charge in [-0.1, -0.05) is 11.8 Å². The van der Waals surface area contributed by atoms with E-state index in [4.69, 9.17) is 5.41 Å². The lowest BCUT2D eigenvalue weighted by atomic mass is 10.2. The average Bonchev–Trinajstić information content (AvgIpc) is 3.41. The molecule has 0 amide bonds. The molecule has 0 saturated heterocycles. The molecule has 138 valence electrons. The van der Waals surface area contributed by atoms with Crippen molar-refractivity contribution in [2.75, 3.05) is 0 Å². The van der Waals surface area contributed by atoms with Gasteiger partial charge in [-0.25, -0.2) is 4.68 Å². The monoisotopic (exact) mass is 380 g/mol. The van der Waals surface area contributed by atoms with Crippen LogP contribution >= 0.6 is 11.8 Å². The first kappa shape index (κ1) is 17.5. The van der Waals surface area contributed by atoms with Crippen LogP contribution in [-0.2, 0) is 13.6 Å². The van der Waals surface area contributed by atoms with Gasteiger partial charge in [0.25, 0.3) is 5.56 Å². The molecule has 1 aliphatic rings. The molecule has 7 nitrogen and oxygen atoms in total. The molecule has 0 atom stereocenters. The predicted octanol–water partition coefficient (Wildman–Crippen LogP) is 2.51. The van der Waals surface area contributed by atoms with Crippen LogP contribution in [-0.4, -0.2) is 31.8 Å². The van der Waals surface area contributed by atoms with Gasteiger partial charge in [-0.2, -0.15) is 10.2 Å². The molecule has 1 fully saturated rings. The summed E-state index contributed by atoms with van der Waals surface area (Å²) in [5.74, 6) is 0. The van der Waals surface area contributed by atoms with E-state index in [0.29, 0.717) is 18.0 Å². The molecule has 4 rings (SSSR count). The van der Waals surface area contributed by atoms with Crippen LogP contribution in [0.3, 0.4) is 0 Å². The zero-order valence-corrected chi connectivity index (χ0v) is 15.7. The number of nitrogens with one attached hydrogen (secondary N) is 2. The molecule has 3 aromatic rings. The van der Waals surface area contributed by atoms with Crippen LogP contribution in [0.5, 0.6) is 0 Å². The normalized spacial score (nSPS) is 14.5. The van der Waals surface area contributed by atoms with Crippen molar-refractivity contribution in [3.8, 4) is 0 Å². The third kappa shape index (κ3) is 4.11. The Hall–Kier alpha value is -2.87. The fraction of sp³-hybridized carbons (Fsp3) is 0.263. The van der Waals surface area contributed by atoms with Crippen molar-refractivity contribution in [2.24, 2.45) is 7.05 Å². The number of allylic oxidation sites excluding steroid dienone is 1. The van der Waals surface area contributed by atoms with E-state index >= 15 is 0 Å². The first-order chi connectivity index (χ1) is 13.1. The largest absolute Gasteiger partial charge is 0.387 e. The maximum Gasteiger partial charge on any atom is 0.274 e. The Balaban J connectivity index is 1.57. The lowest BCUT2D eigenvalue weighted by Gasteiger charge is -2.07. The molecular formula is C19H20N6OS. The Kier molecular flexibility index (Phi) is 4.81. The van der Waals surface area contributed by atoms with E-state index in [1.807, 2.05) is 43.7 Å². The molecule has 0 aliphatic heterocycles. The van der Waals surface area contributed by atoms with Crippen molar-refractivity contribution in [3.63, 3.8) is 0 Å². The van der Waals surface area contributed by atoms with Crippen LogP contribution < -0.4 is 10.9 Å². The minimum Gasteiger partial charge on any atom is -0.387 e. The fourth-order valence-electron chi connectivity index (χ4n) is 2.73. The van der Waals surface area contributed by atoms with Crippen molar-refractivity contribution in [2.45, 2.75) is 30.3 Å². The number of hydrogen-bond acceptors (Lipinski definition) is 6. The Morgan fingerprint density at radius 2 is 2.26 bits per heavy atom. The second-order valence-corrected chi connectivity index (χ2v) is 7.72. The summed E-state index contributed by atoms with van der Waals surface area (Å²) in [5.41, 5.74) is 0.662. The number of nitrogens with zero attached hydrogens (tertiary/aromatic N) is 4. The molecular weight excluding hydrogens is 360 g/mol.